The average Bonchev–Trinajstić information content (AvgIpc) is 3.16. The van der Waals surface area contributed by atoms with Crippen LogP contribution in [0.15, 0.2) is 40.8 Å². The Kier molecular flexibility index (Phi) is 5.89. The largest absolute Gasteiger partial charge is 0.494 e. The van der Waals surface area contributed by atoms with Crippen LogP contribution in [0.4, 0.5) is 11.4 Å². The number of amides is 1. The van der Waals surface area contributed by atoms with Crippen LogP contribution >= 0.6 is 0 Å². The number of nitrogens with one attached hydrogen (secondary N) is 1. The van der Waals surface area contributed by atoms with E-state index in [9.17, 15) is 4.79 Å². The fourth-order valence-electron chi connectivity index (χ4n) is 2.17. The number of hydrogen-bond donors (Lipinski definition) is 2. The van der Waals surface area contributed by atoms with Gasteiger partial charge in [-0.2, -0.15) is 0 Å². The van der Waals surface area contributed by atoms with E-state index in [1.54, 1.807) is 12.1 Å². The molecular formula is C18H22N2O4. The Hall–Kier alpha value is -2.89. The molecule has 0 aliphatic rings. The standard InChI is InChI=1S/C12H18N2O3.C6H4O/c1-4-16-9-6-10(13)12(17-5-2)11(7-9)14-8(3)15;1-2-6-4-3-5(1)7-6/h6-7H,4-5,13H2,1-3H3,(H,14,15);1-4H. The van der Waals surface area contributed by atoms with Gasteiger partial charge in [-0.15, -0.1) is 0 Å². The summed E-state index contributed by atoms with van der Waals surface area (Å²) in [6.07, 6.45) is 0. The molecule has 0 unspecified atom stereocenters. The molecule has 1 amide bonds. The van der Waals surface area contributed by atoms with Crippen molar-refractivity contribution < 1.29 is 18.7 Å². The fourth-order valence-corrected chi connectivity index (χ4v) is 2.17. The molecule has 3 rings (SSSR count). The molecule has 0 spiro atoms. The second-order valence-corrected chi connectivity index (χ2v) is 5.01. The predicted molar refractivity (Wildman–Crippen MR) is 94.9 cm³/mol. The first-order valence-electron chi connectivity index (χ1n) is 7.78. The van der Waals surface area contributed by atoms with Gasteiger partial charge in [0.05, 0.1) is 24.6 Å². The lowest BCUT2D eigenvalue weighted by molar-refractivity contribution is -0.114. The number of anilines is 2. The Morgan fingerprint density at radius 2 is 1.67 bits per heavy atom. The Morgan fingerprint density at radius 3 is 2.08 bits per heavy atom. The molecule has 0 aliphatic carbocycles. The van der Waals surface area contributed by atoms with Gasteiger partial charge in [0.15, 0.2) is 5.75 Å². The summed E-state index contributed by atoms with van der Waals surface area (Å²) in [7, 11) is 0. The number of carbonyl (C=O) groups is 1. The summed E-state index contributed by atoms with van der Waals surface area (Å²) in [6, 6.07) is 11.2. The Bertz CT molecular complexity index is 737. The van der Waals surface area contributed by atoms with E-state index in [1.807, 2.05) is 38.1 Å². The van der Waals surface area contributed by atoms with Gasteiger partial charge in [-0.05, 0) is 38.1 Å². The molecule has 128 valence electrons. The number of nitrogens with two attached hydrogens (primary N) is 1. The fraction of sp³-hybridized carbons (Fsp3) is 0.278. The highest BCUT2D eigenvalue weighted by atomic mass is 16.5. The molecule has 3 aromatic rings. The zero-order valence-electron chi connectivity index (χ0n) is 14.1. The van der Waals surface area contributed by atoms with Crippen molar-refractivity contribution >= 4 is 28.4 Å². The minimum atomic E-state index is -0.181. The third kappa shape index (κ3) is 4.55. The maximum Gasteiger partial charge on any atom is 0.221 e. The van der Waals surface area contributed by atoms with Crippen molar-refractivity contribution in [3.8, 4) is 11.5 Å². The van der Waals surface area contributed by atoms with E-state index in [0.29, 0.717) is 36.1 Å². The van der Waals surface area contributed by atoms with Crippen LogP contribution in [0.3, 0.4) is 0 Å². The van der Waals surface area contributed by atoms with Gasteiger partial charge in [0, 0.05) is 19.1 Å². The summed E-state index contributed by atoms with van der Waals surface area (Å²) < 4.78 is 15.8. The van der Waals surface area contributed by atoms with Crippen LogP contribution in [0.5, 0.6) is 11.5 Å². The first-order valence-corrected chi connectivity index (χ1v) is 7.78. The van der Waals surface area contributed by atoms with E-state index >= 15 is 0 Å². The van der Waals surface area contributed by atoms with Crippen LogP contribution < -0.4 is 20.5 Å². The molecular weight excluding hydrogens is 308 g/mol. The molecule has 0 aliphatic heterocycles. The third-order valence-electron chi connectivity index (χ3n) is 3.06. The SMILES string of the molecule is CCOc1cc(N)c(OCC)c(NC(C)=O)c1.c1cc2ccc1o2. The highest BCUT2D eigenvalue weighted by Crippen LogP contribution is 2.36. The first kappa shape index (κ1) is 17.5. The van der Waals surface area contributed by atoms with Gasteiger partial charge in [0.2, 0.25) is 5.91 Å². The van der Waals surface area contributed by atoms with Gasteiger partial charge in [-0.1, -0.05) is 0 Å². The molecule has 24 heavy (non-hydrogen) atoms. The zero-order chi connectivity index (χ0) is 17.5. The summed E-state index contributed by atoms with van der Waals surface area (Å²) >= 11 is 0. The summed E-state index contributed by atoms with van der Waals surface area (Å²) in [5, 5.41) is 2.67. The lowest BCUT2D eigenvalue weighted by Gasteiger charge is -2.15. The van der Waals surface area contributed by atoms with Crippen molar-refractivity contribution in [2.24, 2.45) is 0 Å². The van der Waals surface area contributed by atoms with Crippen molar-refractivity contribution in [3.05, 3.63) is 36.4 Å². The molecule has 2 aromatic heterocycles. The number of benzene rings is 2. The molecule has 0 atom stereocenters. The normalized spacial score (nSPS) is 10.1. The summed E-state index contributed by atoms with van der Waals surface area (Å²) in [5.74, 6) is 0.905. The summed E-state index contributed by atoms with van der Waals surface area (Å²) in [4.78, 5) is 11.1. The minimum absolute atomic E-state index is 0.181. The summed E-state index contributed by atoms with van der Waals surface area (Å²) in [6.45, 7) is 6.18. The van der Waals surface area contributed by atoms with Crippen LogP contribution in [-0.2, 0) is 4.79 Å². The van der Waals surface area contributed by atoms with E-state index in [0.717, 1.165) is 11.2 Å². The molecule has 2 bridgehead atoms. The van der Waals surface area contributed by atoms with Crippen molar-refractivity contribution in [1.82, 2.24) is 0 Å². The number of carbonyl (C=O) groups excluding carboxylic acids is 1. The van der Waals surface area contributed by atoms with Crippen molar-refractivity contribution in [3.63, 3.8) is 0 Å². The van der Waals surface area contributed by atoms with Crippen LogP contribution in [0, 0.1) is 0 Å². The molecule has 6 heteroatoms. The highest BCUT2D eigenvalue weighted by Gasteiger charge is 2.12. The van der Waals surface area contributed by atoms with Gasteiger partial charge >= 0.3 is 0 Å². The van der Waals surface area contributed by atoms with Crippen LogP contribution in [0.25, 0.3) is 11.2 Å². The Morgan fingerprint density at radius 1 is 1.08 bits per heavy atom. The van der Waals surface area contributed by atoms with E-state index in [1.165, 1.54) is 6.92 Å². The number of hydrogen-bond acceptors (Lipinski definition) is 5. The second kappa shape index (κ2) is 8.10. The zero-order valence-corrected chi connectivity index (χ0v) is 14.1. The first-order chi connectivity index (χ1) is 11.5. The van der Waals surface area contributed by atoms with Crippen LogP contribution in [-0.4, -0.2) is 19.1 Å². The molecule has 6 nitrogen and oxygen atoms in total. The number of ether oxygens (including phenoxy) is 2. The van der Waals surface area contributed by atoms with Crippen molar-refractivity contribution in [1.29, 1.82) is 0 Å². The van der Waals surface area contributed by atoms with E-state index in [2.05, 4.69) is 5.32 Å². The van der Waals surface area contributed by atoms with Crippen molar-refractivity contribution in [2.45, 2.75) is 20.8 Å². The van der Waals surface area contributed by atoms with Gasteiger partial charge in [0.1, 0.15) is 16.9 Å². The molecule has 0 radical (unpaired) electrons. The van der Waals surface area contributed by atoms with Gasteiger partial charge in [0.25, 0.3) is 0 Å². The quantitative estimate of drug-likeness (QED) is 0.693. The van der Waals surface area contributed by atoms with Crippen LogP contribution in [0.1, 0.15) is 20.8 Å². The van der Waals surface area contributed by atoms with E-state index < -0.39 is 0 Å². The van der Waals surface area contributed by atoms with Crippen LogP contribution in [0.2, 0.25) is 0 Å². The van der Waals surface area contributed by atoms with E-state index in [-0.39, 0.29) is 5.91 Å². The highest BCUT2D eigenvalue weighted by molar-refractivity contribution is 5.92. The molecule has 0 saturated heterocycles. The number of nitrogen functional groups attached to an aromatic ring is 1. The van der Waals surface area contributed by atoms with Gasteiger partial charge in [-0.25, -0.2) is 0 Å². The molecule has 0 saturated carbocycles. The topological polar surface area (TPSA) is 86.7 Å². The third-order valence-corrected chi connectivity index (χ3v) is 3.06. The lowest BCUT2D eigenvalue weighted by atomic mass is 10.2. The molecule has 0 fully saturated rings. The maximum atomic E-state index is 11.1. The smallest absolute Gasteiger partial charge is 0.221 e. The predicted octanol–water partition coefficient (Wildman–Crippen LogP) is 3.90. The molecule has 1 aromatic carbocycles. The minimum Gasteiger partial charge on any atom is -0.494 e. The molecule has 3 N–H and O–H groups in total. The Labute approximate surface area is 140 Å². The number of fused-ring (bicyclic) bond motifs is 2. The number of rotatable bonds is 5. The Balaban J connectivity index is 0.000000242. The van der Waals surface area contributed by atoms with E-state index in [4.69, 9.17) is 19.6 Å². The monoisotopic (exact) mass is 330 g/mol. The number of furan rings is 2. The average molecular weight is 330 g/mol. The van der Waals surface area contributed by atoms with Crippen molar-refractivity contribution in [2.75, 3.05) is 24.3 Å². The maximum absolute atomic E-state index is 11.1. The summed E-state index contributed by atoms with van der Waals surface area (Å²) in [5.41, 5.74) is 8.77. The lowest BCUT2D eigenvalue weighted by Crippen LogP contribution is -2.09. The van der Waals surface area contributed by atoms with Gasteiger partial charge < -0.3 is 24.9 Å². The molecule has 2 heterocycles. The van der Waals surface area contributed by atoms with Gasteiger partial charge in [-0.3, -0.25) is 4.79 Å². The second-order valence-electron chi connectivity index (χ2n) is 5.01.